The normalized spacial score (nSPS) is 36.6. The first-order chi connectivity index (χ1) is 12.3. The number of benzene rings is 1. The van der Waals surface area contributed by atoms with Gasteiger partial charge in [0.05, 0.1) is 6.04 Å². The molecule has 2 aliphatic heterocycles. The van der Waals surface area contributed by atoms with Crippen molar-refractivity contribution in [2.24, 2.45) is 32.4 Å². The van der Waals surface area contributed by atoms with E-state index in [-0.39, 0.29) is 12.1 Å². The van der Waals surface area contributed by atoms with Crippen molar-refractivity contribution >= 4 is 11.6 Å². The molecule has 3 heterocycles. The molecule has 2 aliphatic carbocycles. The van der Waals surface area contributed by atoms with Crippen LogP contribution in [0.4, 0.5) is 0 Å². The zero-order chi connectivity index (χ0) is 16.5. The highest BCUT2D eigenvalue weighted by Gasteiger charge is 2.65. The average Bonchev–Trinajstić information content (AvgIpc) is 3.30. The van der Waals surface area contributed by atoms with Gasteiger partial charge in [0.15, 0.2) is 0 Å². The lowest BCUT2D eigenvalue weighted by Crippen LogP contribution is -2.51. The lowest BCUT2D eigenvalue weighted by Gasteiger charge is -2.38. The molecule has 9 heteroatoms. The van der Waals surface area contributed by atoms with Gasteiger partial charge in [0.1, 0.15) is 24.7 Å². The van der Waals surface area contributed by atoms with Crippen LogP contribution in [0.15, 0.2) is 49.4 Å². The topological polar surface area (TPSA) is 91.6 Å². The smallest absolute Gasteiger partial charge is 0.248 e. The number of nitrogens with zero attached hydrogens (tertiary/aromatic N) is 7. The minimum Gasteiger partial charge on any atom is -0.337 e. The first-order valence-electron chi connectivity index (χ1n) is 8.44. The molecule has 1 aromatic heterocycles. The van der Waals surface area contributed by atoms with Crippen LogP contribution in [0.5, 0.6) is 0 Å². The molecular formula is C16H14ClN7O. The molecule has 6 atom stereocenters. The number of aromatic nitrogens is 2. The molecule has 25 heavy (non-hydrogen) atoms. The van der Waals surface area contributed by atoms with Crippen molar-refractivity contribution < 1.29 is 4.52 Å². The van der Waals surface area contributed by atoms with Crippen molar-refractivity contribution in [2.45, 2.75) is 37.1 Å². The third-order valence-corrected chi connectivity index (χ3v) is 6.10. The van der Waals surface area contributed by atoms with Crippen LogP contribution in [0.2, 0.25) is 5.02 Å². The van der Waals surface area contributed by atoms with Crippen molar-refractivity contribution in [3.05, 3.63) is 35.2 Å². The molecule has 0 saturated heterocycles. The molecule has 6 rings (SSSR count). The Labute approximate surface area is 147 Å². The van der Waals surface area contributed by atoms with Gasteiger partial charge >= 0.3 is 0 Å². The molecule has 8 nitrogen and oxygen atoms in total. The molecule has 2 bridgehead atoms. The van der Waals surface area contributed by atoms with Crippen LogP contribution in [0, 0.1) is 11.8 Å². The van der Waals surface area contributed by atoms with E-state index in [1.165, 1.54) is 0 Å². The summed E-state index contributed by atoms with van der Waals surface area (Å²) in [6, 6.07) is 8.64. The maximum absolute atomic E-state index is 5.92. The lowest BCUT2D eigenvalue weighted by molar-refractivity contribution is 0.113. The molecule has 1 aromatic carbocycles. The van der Waals surface area contributed by atoms with E-state index >= 15 is 0 Å². The Morgan fingerprint density at radius 2 is 1.84 bits per heavy atom. The Balaban J connectivity index is 1.22. The second kappa shape index (κ2) is 4.85. The summed E-state index contributed by atoms with van der Waals surface area (Å²) in [4.78, 5) is 4.49. The number of azo groups is 1. The van der Waals surface area contributed by atoms with Gasteiger partial charge < -0.3 is 4.52 Å². The number of fused-ring (bicyclic) bond motifs is 8. The van der Waals surface area contributed by atoms with Crippen LogP contribution < -0.4 is 0 Å². The summed E-state index contributed by atoms with van der Waals surface area (Å²) in [6.45, 7) is 0.475. The summed E-state index contributed by atoms with van der Waals surface area (Å²) in [6.07, 6.45) is 1.15. The fourth-order valence-corrected chi connectivity index (χ4v) is 4.85. The predicted molar refractivity (Wildman–Crippen MR) is 86.7 cm³/mol. The van der Waals surface area contributed by atoms with Crippen LogP contribution in [-0.4, -0.2) is 39.3 Å². The van der Waals surface area contributed by atoms with Crippen molar-refractivity contribution in [1.82, 2.24) is 15.1 Å². The zero-order valence-electron chi connectivity index (χ0n) is 13.1. The van der Waals surface area contributed by atoms with Crippen LogP contribution in [0.25, 0.3) is 11.4 Å². The maximum Gasteiger partial charge on any atom is 0.248 e. The number of rotatable bonds is 3. The minimum absolute atomic E-state index is 0.240. The van der Waals surface area contributed by atoms with Gasteiger partial charge in [-0.05, 0) is 30.7 Å². The van der Waals surface area contributed by atoms with Gasteiger partial charge in [0.2, 0.25) is 11.7 Å². The molecule has 0 amide bonds. The molecule has 0 N–H and O–H groups in total. The van der Waals surface area contributed by atoms with E-state index < -0.39 is 0 Å². The Hall–Kier alpha value is -2.35. The Morgan fingerprint density at radius 3 is 2.64 bits per heavy atom. The monoisotopic (exact) mass is 355 g/mol. The number of hydrogen-bond acceptors (Lipinski definition) is 8. The highest BCUT2D eigenvalue weighted by atomic mass is 35.5. The van der Waals surface area contributed by atoms with Gasteiger partial charge in [-0.1, -0.05) is 22.0 Å². The van der Waals surface area contributed by atoms with Gasteiger partial charge in [-0.15, -0.1) is 0 Å². The van der Waals surface area contributed by atoms with Gasteiger partial charge in [-0.25, -0.2) is 0 Å². The van der Waals surface area contributed by atoms with Crippen molar-refractivity contribution in [3.8, 4) is 11.4 Å². The Morgan fingerprint density at radius 1 is 1.04 bits per heavy atom. The molecule has 4 aliphatic rings. The molecule has 2 fully saturated rings. The van der Waals surface area contributed by atoms with Gasteiger partial charge in [0.25, 0.3) is 0 Å². The average molecular weight is 356 g/mol. The van der Waals surface area contributed by atoms with E-state index in [2.05, 4.69) is 30.7 Å². The Bertz CT molecular complexity index is 894. The molecule has 0 spiro atoms. The van der Waals surface area contributed by atoms with Crippen molar-refractivity contribution in [1.29, 1.82) is 0 Å². The largest absolute Gasteiger partial charge is 0.337 e. The van der Waals surface area contributed by atoms with Crippen LogP contribution in [0.3, 0.4) is 0 Å². The number of hydrogen-bond donors (Lipinski definition) is 0. The third-order valence-electron chi connectivity index (χ3n) is 5.84. The van der Waals surface area contributed by atoms with Gasteiger partial charge in [-0.3, -0.25) is 5.01 Å². The molecule has 126 valence electrons. The summed E-state index contributed by atoms with van der Waals surface area (Å²) in [5, 5.41) is 24.2. The lowest BCUT2D eigenvalue weighted by atomic mass is 9.82. The van der Waals surface area contributed by atoms with Gasteiger partial charge in [0, 0.05) is 22.4 Å². The van der Waals surface area contributed by atoms with Crippen LogP contribution in [0.1, 0.15) is 12.3 Å². The zero-order valence-corrected chi connectivity index (χ0v) is 13.9. The quantitative estimate of drug-likeness (QED) is 0.845. The molecule has 0 unspecified atom stereocenters. The van der Waals surface area contributed by atoms with E-state index in [9.17, 15) is 0 Å². The summed E-state index contributed by atoms with van der Waals surface area (Å²) in [5.41, 5.74) is 0.873. The molecular weight excluding hydrogens is 342 g/mol. The summed E-state index contributed by atoms with van der Waals surface area (Å²) in [5.74, 6) is 2.09. The predicted octanol–water partition coefficient (Wildman–Crippen LogP) is 3.16. The summed E-state index contributed by atoms with van der Waals surface area (Å²) >= 11 is 5.92. The van der Waals surface area contributed by atoms with Crippen LogP contribution >= 0.6 is 11.6 Å². The van der Waals surface area contributed by atoms with E-state index in [1.807, 2.05) is 29.3 Å². The van der Waals surface area contributed by atoms with Crippen molar-refractivity contribution in [3.63, 3.8) is 0 Å². The number of halogens is 1. The summed E-state index contributed by atoms with van der Waals surface area (Å²) in [7, 11) is 0. The SMILES string of the molecule is Clc1ccc(-c2noc(CN3N=N[C@H]4[C@H]5C[C@H]([C@@H]6N=N[C@H]56)[C@H]43)n2)cc1. The molecule has 2 aromatic rings. The first-order valence-corrected chi connectivity index (χ1v) is 8.81. The molecule has 2 saturated carbocycles. The van der Waals surface area contributed by atoms with E-state index in [1.54, 1.807) is 0 Å². The molecule has 0 radical (unpaired) electrons. The fraction of sp³-hybridized carbons (Fsp3) is 0.500. The first kappa shape index (κ1) is 13.9. The second-order valence-corrected chi connectivity index (χ2v) is 7.51. The van der Waals surface area contributed by atoms with Crippen molar-refractivity contribution in [2.75, 3.05) is 0 Å². The highest BCUT2D eigenvalue weighted by Crippen LogP contribution is 2.56. The van der Waals surface area contributed by atoms with Gasteiger partial charge in [-0.2, -0.15) is 20.3 Å². The maximum atomic E-state index is 5.92. The summed E-state index contributed by atoms with van der Waals surface area (Å²) < 4.78 is 5.42. The standard InChI is InChI=1S/C16H14ClN7O/c17-8-3-1-7(2-4-8)16-18-11(25-22-16)6-24-15-10-5-9(14(15)21-23-24)12-13(10)20-19-12/h1-4,9-10,12-15H,5-6H2/t9-,10+,12+,13-,14-,15+/m0/s1. The second-order valence-electron chi connectivity index (χ2n) is 7.08. The van der Waals surface area contributed by atoms with E-state index in [0.717, 1.165) is 12.0 Å². The third kappa shape index (κ3) is 1.88. The van der Waals surface area contributed by atoms with E-state index in [4.69, 9.17) is 16.1 Å². The minimum atomic E-state index is 0.240. The van der Waals surface area contributed by atoms with E-state index in [0.29, 0.717) is 47.2 Å². The Kier molecular flexibility index (Phi) is 2.69. The highest BCUT2D eigenvalue weighted by molar-refractivity contribution is 6.30. The fourth-order valence-electron chi connectivity index (χ4n) is 4.73. The van der Waals surface area contributed by atoms with Crippen LogP contribution in [-0.2, 0) is 6.54 Å².